The van der Waals surface area contributed by atoms with E-state index in [1.54, 1.807) is 36.0 Å². The number of amides is 2. The summed E-state index contributed by atoms with van der Waals surface area (Å²) in [5.41, 5.74) is 0. The smallest absolute Gasteiger partial charge is 0.228 e. The van der Waals surface area contributed by atoms with Gasteiger partial charge in [-0.05, 0) is 24.0 Å². The summed E-state index contributed by atoms with van der Waals surface area (Å²) in [4.78, 5) is 31.8. The van der Waals surface area contributed by atoms with Gasteiger partial charge in [0.1, 0.15) is 11.6 Å². The van der Waals surface area contributed by atoms with Gasteiger partial charge in [-0.3, -0.25) is 19.4 Å². The van der Waals surface area contributed by atoms with Crippen LogP contribution in [0.1, 0.15) is 40.5 Å². The molecule has 1 heterocycles. The maximum absolute atomic E-state index is 12.1. The first-order valence-corrected chi connectivity index (χ1v) is 7.72. The second-order valence-electron chi connectivity index (χ2n) is 6.46. The Morgan fingerprint density at radius 2 is 1.27 bits per heavy atom. The molecule has 122 valence electrons. The SMILES string of the molecule is CC(C)CC(=O)N(C)c1cccc(N(C)C(=O)CC(C)C)n1. The molecule has 0 N–H and O–H groups in total. The molecule has 0 aliphatic rings. The summed E-state index contributed by atoms with van der Waals surface area (Å²) in [7, 11) is 3.43. The normalized spacial score (nSPS) is 10.9. The van der Waals surface area contributed by atoms with Crippen molar-refractivity contribution in [3.05, 3.63) is 18.2 Å². The van der Waals surface area contributed by atoms with Crippen LogP contribution < -0.4 is 9.80 Å². The molecule has 0 aliphatic heterocycles. The van der Waals surface area contributed by atoms with Crippen LogP contribution in [0, 0.1) is 11.8 Å². The van der Waals surface area contributed by atoms with Crippen LogP contribution in [0.5, 0.6) is 0 Å². The third-order valence-corrected chi connectivity index (χ3v) is 3.32. The van der Waals surface area contributed by atoms with Crippen LogP contribution in [0.4, 0.5) is 11.6 Å². The zero-order valence-electron chi connectivity index (χ0n) is 14.5. The number of hydrogen-bond donors (Lipinski definition) is 0. The summed E-state index contributed by atoms with van der Waals surface area (Å²) in [5.74, 6) is 1.77. The van der Waals surface area contributed by atoms with Crippen molar-refractivity contribution in [2.24, 2.45) is 11.8 Å². The standard InChI is InChI=1S/C17H27N3O2/c1-12(2)10-16(21)19(5)14-8-7-9-15(18-14)20(6)17(22)11-13(3)4/h7-9,12-13H,10-11H2,1-6H3. The highest BCUT2D eigenvalue weighted by Gasteiger charge is 2.17. The Labute approximate surface area is 133 Å². The molecule has 0 saturated carbocycles. The molecule has 0 bridgehead atoms. The zero-order chi connectivity index (χ0) is 16.9. The van der Waals surface area contributed by atoms with E-state index < -0.39 is 0 Å². The van der Waals surface area contributed by atoms with E-state index in [2.05, 4.69) is 4.98 Å². The van der Waals surface area contributed by atoms with Crippen LogP contribution >= 0.6 is 0 Å². The minimum atomic E-state index is 0.0239. The van der Waals surface area contributed by atoms with Gasteiger partial charge in [0.05, 0.1) is 0 Å². The van der Waals surface area contributed by atoms with Crippen molar-refractivity contribution in [1.82, 2.24) is 4.98 Å². The van der Waals surface area contributed by atoms with Crippen molar-refractivity contribution in [3.8, 4) is 0 Å². The number of aromatic nitrogens is 1. The van der Waals surface area contributed by atoms with E-state index in [0.29, 0.717) is 36.3 Å². The molecule has 1 aromatic rings. The molecule has 0 unspecified atom stereocenters. The Balaban J connectivity index is 2.89. The Hall–Kier alpha value is -1.91. The van der Waals surface area contributed by atoms with Crippen molar-refractivity contribution >= 4 is 23.5 Å². The second-order valence-corrected chi connectivity index (χ2v) is 6.46. The molecule has 0 atom stereocenters. The molecule has 1 rings (SSSR count). The third kappa shape index (κ3) is 5.13. The van der Waals surface area contributed by atoms with Gasteiger partial charge in [-0.15, -0.1) is 0 Å². The van der Waals surface area contributed by atoms with Crippen LogP contribution in [0.3, 0.4) is 0 Å². The number of nitrogens with zero attached hydrogens (tertiary/aromatic N) is 3. The first kappa shape index (κ1) is 18.1. The summed E-state index contributed by atoms with van der Waals surface area (Å²) < 4.78 is 0. The van der Waals surface area contributed by atoms with Crippen molar-refractivity contribution in [1.29, 1.82) is 0 Å². The lowest BCUT2D eigenvalue weighted by atomic mass is 10.1. The predicted molar refractivity (Wildman–Crippen MR) is 90.0 cm³/mol. The molecule has 22 heavy (non-hydrogen) atoms. The fourth-order valence-electron chi connectivity index (χ4n) is 2.01. The summed E-state index contributed by atoms with van der Waals surface area (Å²) in [6, 6.07) is 5.38. The molecular weight excluding hydrogens is 278 g/mol. The Bertz CT molecular complexity index is 483. The first-order valence-electron chi connectivity index (χ1n) is 7.72. The maximum Gasteiger partial charge on any atom is 0.228 e. The quantitative estimate of drug-likeness (QED) is 0.811. The monoisotopic (exact) mass is 305 g/mol. The molecular formula is C17H27N3O2. The Morgan fingerprint density at radius 1 is 0.909 bits per heavy atom. The van der Waals surface area contributed by atoms with Gasteiger partial charge in [0, 0.05) is 26.9 Å². The minimum Gasteiger partial charge on any atom is -0.300 e. The Morgan fingerprint density at radius 3 is 1.59 bits per heavy atom. The highest BCUT2D eigenvalue weighted by Crippen LogP contribution is 2.18. The van der Waals surface area contributed by atoms with Crippen LogP contribution in [-0.4, -0.2) is 30.9 Å². The summed E-state index contributed by atoms with van der Waals surface area (Å²) in [6.45, 7) is 8.03. The minimum absolute atomic E-state index is 0.0239. The summed E-state index contributed by atoms with van der Waals surface area (Å²) >= 11 is 0. The van der Waals surface area contributed by atoms with E-state index in [1.165, 1.54) is 0 Å². The fraction of sp³-hybridized carbons (Fsp3) is 0.588. The average molecular weight is 305 g/mol. The van der Waals surface area contributed by atoms with E-state index in [9.17, 15) is 9.59 Å². The van der Waals surface area contributed by atoms with E-state index in [1.807, 2.05) is 33.8 Å². The summed E-state index contributed by atoms with van der Waals surface area (Å²) in [6.07, 6.45) is 0.953. The zero-order valence-corrected chi connectivity index (χ0v) is 14.5. The number of carbonyl (C=O) groups excluding carboxylic acids is 2. The van der Waals surface area contributed by atoms with E-state index in [4.69, 9.17) is 0 Å². The summed E-state index contributed by atoms with van der Waals surface area (Å²) in [5, 5.41) is 0. The van der Waals surface area contributed by atoms with Gasteiger partial charge >= 0.3 is 0 Å². The van der Waals surface area contributed by atoms with E-state index in [-0.39, 0.29) is 11.8 Å². The fourth-order valence-corrected chi connectivity index (χ4v) is 2.01. The first-order chi connectivity index (χ1) is 10.2. The average Bonchev–Trinajstić information content (AvgIpc) is 2.44. The van der Waals surface area contributed by atoms with Gasteiger partial charge in [0.15, 0.2) is 0 Å². The Kier molecular flexibility index (Phi) is 6.53. The predicted octanol–water partition coefficient (Wildman–Crippen LogP) is 3.10. The highest BCUT2D eigenvalue weighted by atomic mass is 16.2. The van der Waals surface area contributed by atoms with Crippen LogP contribution in [0.15, 0.2) is 18.2 Å². The van der Waals surface area contributed by atoms with Gasteiger partial charge < -0.3 is 0 Å². The van der Waals surface area contributed by atoms with Gasteiger partial charge in [-0.1, -0.05) is 33.8 Å². The van der Waals surface area contributed by atoms with Crippen molar-refractivity contribution in [2.45, 2.75) is 40.5 Å². The molecule has 5 nitrogen and oxygen atoms in total. The van der Waals surface area contributed by atoms with Crippen LogP contribution in [-0.2, 0) is 9.59 Å². The number of rotatable bonds is 6. The molecule has 0 fully saturated rings. The molecule has 0 radical (unpaired) electrons. The van der Waals surface area contributed by atoms with Crippen LogP contribution in [0.25, 0.3) is 0 Å². The van der Waals surface area contributed by atoms with Crippen molar-refractivity contribution in [3.63, 3.8) is 0 Å². The largest absolute Gasteiger partial charge is 0.300 e. The molecule has 5 heteroatoms. The lowest BCUT2D eigenvalue weighted by Gasteiger charge is -2.21. The highest BCUT2D eigenvalue weighted by molar-refractivity contribution is 5.94. The number of pyridine rings is 1. The van der Waals surface area contributed by atoms with Crippen molar-refractivity contribution in [2.75, 3.05) is 23.9 Å². The van der Waals surface area contributed by atoms with Crippen molar-refractivity contribution < 1.29 is 9.59 Å². The third-order valence-electron chi connectivity index (χ3n) is 3.32. The molecule has 0 saturated heterocycles. The van der Waals surface area contributed by atoms with E-state index in [0.717, 1.165) is 0 Å². The lowest BCUT2D eigenvalue weighted by Crippen LogP contribution is -2.30. The number of hydrogen-bond acceptors (Lipinski definition) is 3. The topological polar surface area (TPSA) is 53.5 Å². The molecule has 1 aromatic heterocycles. The maximum atomic E-state index is 12.1. The molecule has 0 aromatic carbocycles. The van der Waals surface area contributed by atoms with Gasteiger partial charge in [-0.2, -0.15) is 0 Å². The van der Waals surface area contributed by atoms with Crippen LogP contribution in [0.2, 0.25) is 0 Å². The molecule has 0 spiro atoms. The number of anilines is 2. The van der Waals surface area contributed by atoms with E-state index >= 15 is 0 Å². The van der Waals surface area contributed by atoms with Gasteiger partial charge in [0.2, 0.25) is 11.8 Å². The number of carbonyl (C=O) groups is 2. The molecule has 2 amide bonds. The lowest BCUT2D eigenvalue weighted by molar-refractivity contribution is -0.119. The molecule has 0 aliphatic carbocycles. The second kappa shape index (κ2) is 7.92. The van der Waals surface area contributed by atoms with Gasteiger partial charge in [0.25, 0.3) is 0 Å². The van der Waals surface area contributed by atoms with Gasteiger partial charge in [-0.25, -0.2) is 4.98 Å².